The molecule has 1 aliphatic rings. The minimum absolute atomic E-state index is 0. The summed E-state index contributed by atoms with van der Waals surface area (Å²) in [5.41, 5.74) is 0.841. The van der Waals surface area contributed by atoms with Crippen molar-refractivity contribution in [3.8, 4) is 0 Å². The Hall–Kier alpha value is -1.27. The van der Waals surface area contributed by atoms with Gasteiger partial charge in [-0.15, -0.1) is 12.4 Å². The normalized spacial score (nSPS) is 17.2. The number of halogens is 4. The topological polar surface area (TPSA) is 41.1 Å². The summed E-state index contributed by atoms with van der Waals surface area (Å²) in [4.78, 5) is 12.0. The van der Waals surface area contributed by atoms with Crippen LogP contribution in [0.1, 0.15) is 24.8 Å². The smallest absolute Gasteiger partial charge is 0.344 e. The van der Waals surface area contributed by atoms with Gasteiger partial charge in [0.2, 0.25) is 5.91 Å². The van der Waals surface area contributed by atoms with Crippen LogP contribution in [-0.4, -0.2) is 31.2 Å². The first kappa shape index (κ1) is 19.8. The van der Waals surface area contributed by atoms with Gasteiger partial charge in [-0.25, -0.2) is 0 Å². The molecule has 7 heteroatoms. The van der Waals surface area contributed by atoms with Crippen LogP contribution >= 0.6 is 12.4 Å². The number of amides is 1. The third-order valence-electron chi connectivity index (χ3n) is 3.99. The summed E-state index contributed by atoms with van der Waals surface area (Å²) in [7, 11) is 0. The van der Waals surface area contributed by atoms with E-state index in [1.165, 1.54) is 0 Å². The van der Waals surface area contributed by atoms with E-state index in [1.54, 1.807) is 24.3 Å². The molecule has 2 rings (SSSR count). The summed E-state index contributed by atoms with van der Waals surface area (Å²) in [5.74, 6) is -0.792. The maximum absolute atomic E-state index is 13.1. The van der Waals surface area contributed by atoms with Crippen molar-refractivity contribution in [3.63, 3.8) is 0 Å². The third-order valence-corrected chi connectivity index (χ3v) is 3.99. The van der Waals surface area contributed by atoms with Crippen LogP contribution < -0.4 is 10.6 Å². The van der Waals surface area contributed by atoms with Gasteiger partial charge in [-0.3, -0.25) is 4.79 Å². The standard InChI is InChI=1S/C16H21F3N2O.ClH/c17-16(18,19)14(7-6-12-4-2-1-3-5-12)21-15(22)13-8-10-20-11-9-13;/h1-5,13-14,20H,6-11H2,(H,21,22);1H. The van der Waals surface area contributed by atoms with Crippen LogP contribution in [0.4, 0.5) is 13.2 Å². The highest BCUT2D eigenvalue weighted by Gasteiger charge is 2.41. The van der Waals surface area contributed by atoms with Crippen molar-refractivity contribution in [1.29, 1.82) is 0 Å². The van der Waals surface area contributed by atoms with Crippen molar-refractivity contribution >= 4 is 18.3 Å². The lowest BCUT2D eigenvalue weighted by molar-refractivity contribution is -0.164. The molecule has 0 aliphatic carbocycles. The largest absolute Gasteiger partial charge is 0.408 e. The van der Waals surface area contributed by atoms with Crippen LogP contribution in [0, 0.1) is 5.92 Å². The molecular weight excluding hydrogens is 329 g/mol. The number of carbonyl (C=O) groups excluding carboxylic acids is 1. The van der Waals surface area contributed by atoms with Crippen LogP contribution in [0.2, 0.25) is 0 Å². The average molecular weight is 351 g/mol. The van der Waals surface area contributed by atoms with E-state index in [9.17, 15) is 18.0 Å². The Morgan fingerprint density at radius 3 is 2.39 bits per heavy atom. The molecule has 1 aromatic rings. The average Bonchev–Trinajstić information content (AvgIpc) is 2.52. The molecule has 23 heavy (non-hydrogen) atoms. The fourth-order valence-electron chi connectivity index (χ4n) is 2.65. The zero-order chi connectivity index (χ0) is 16.0. The maximum atomic E-state index is 13.1. The molecule has 0 radical (unpaired) electrons. The van der Waals surface area contributed by atoms with Crippen LogP contribution in [0.25, 0.3) is 0 Å². The molecule has 0 bridgehead atoms. The molecule has 3 nitrogen and oxygen atoms in total. The van der Waals surface area contributed by atoms with Crippen LogP contribution in [0.5, 0.6) is 0 Å². The first-order valence-electron chi connectivity index (χ1n) is 7.58. The summed E-state index contributed by atoms with van der Waals surface area (Å²) in [6.07, 6.45) is -3.08. The third kappa shape index (κ3) is 6.39. The fraction of sp³-hybridized carbons (Fsp3) is 0.562. The molecule has 1 heterocycles. The molecule has 130 valence electrons. The zero-order valence-corrected chi connectivity index (χ0v) is 13.6. The van der Waals surface area contributed by atoms with E-state index in [4.69, 9.17) is 0 Å². The van der Waals surface area contributed by atoms with Gasteiger partial charge in [-0.05, 0) is 44.3 Å². The Morgan fingerprint density at radius 1 is 1.22 bits per heavy atom. The maximum Gasteiger partial charge on any atom is 0.408 e. The van der Waals surface area contributed by atoms with Crippen LogP contribution in [0.15, 0.2) is 30.3 Å². The number of benzene rings is 1. The van der Waals surface area contributed by atoms with Gasteiger partial charge in [0.15, 0.2) is 0 Å². The van der Waals surface area contributed by atoms with E-state index in [0.717, 1.165) is 5.56 Å². The molecule has 1 unspecified atom stereocenters. The van der Waals surface area contributed by atoms with Crippen molar-refractivity contribution in [2.45, 2.75) is 37.9 Å². The van der Waals surface area contributed by atoms with Crippen molar-refractivity contribution in [3.05, 3.63) is 35.9 Å². The highest BCUT2D eigenvalue weighted by molar-refractivity contribution is 5.85. The molecule has 1 aromatic carbocycles. The molecule has 1 amide bonds. The van der Waals surface area contributed by atoms with Gasteiger partial charge in [0.1, 0.15) is 6.04 Å². The van der Waals surface area contributed by atoms with E-state index in [-0.39, 0.29) is 31.2 Å². The van der Waals surface area contributed by atoms with Crippen LogP contribution in [-0.2, 0) is 11.2 Å². The number of piperidine rings is 1. The lowest BCUT2D eigenvalue weighted by Gasteiger charge is -2.26. The summed E-state index contributed by atoms with van der Waals surface area (Å²) in [5, 5.41) is 5.30. The van der Waals surface area contributed by atoms with Gasteiger partial charge >= 0.3 is 6.18 Å². The predicted octanol–water partition coefficient (Wildman–Crippen LogP) is 3.09. The highest BCUT2D eigenvalue weighted by atomic mass is 35.5. The molecule has 0 spiro atoms. The highest BCUT2D eigenvalue weighted by Crippen LogP contribution is 2.25. The molecule has 1 saturated heterocycles. The van der Waals surface area contributed by atoms with Gasteiger partial charge < -0.3 is 10.6 Å². The molecule has 0 aromatic heterocycles. The van der Waals surface area contributed by atoms with Gasteiger partial charge in [-0.2, -0.15) is 13.2 Å². The lowest BCUT2D eigenvalue weighted by atomic mass is 9.96. The van der Waals surface area contributed by atoms with Gasteiger partial charge in [0.05, 0.1) is 0 Å². The molecule has 1 atom stereocenters. The van der Waals surface area contributed by atoms with E-state index >= 15 is 0 Å². The molecular formula is C16H22ClF3N2O. The minimum Gasteiger partial charge on any atom is -0.344 e. The summed E-state index contributed by atoms with van der Waals surface area (Å²) < 4.78 is 39.4. The van der Waals surface area contributed by atoms with E-state index in [2.05, 4.69) is 10.6 Å². The Labute approximate surface area is 140 Å². The number of hydrogen-bond acceptors (Lipinski definition) is 2. The Morgan fingerprint density at radius 2 is 1.83 bits per heavy atom. The number of carbonyl (C=O) groups is 1. The number of alkyl halides is 3. The van der Waals surface area contributed by atoms with Crippen molar-refractivity contribution < 1.29 is 18.0 Å². The second kappa shape index (κ2) is 9.13. The number of aryl methyl sites for hydroxylation is 1. The minimum atomic E-state index is -4.42. The summed E-state index contributed by atoms with van der Waals surface area (Å²) >= 11 is 0. The van der Waals surface area contributed by atoms with Gasteiger partial charge in [0, 0.05) is 5.92 Å². The molecule has 1 fully saturated rings. The molecule has 1 aliphatic heterocycles. The first-order valence-corrected chi connectivity index (χ1v) is 7.58. The predicted molar refractivity (Wildman–Crippen MR) is 85.6 cm³/mol. The van der Waals surface area contributed by atoms with Crippen molar-refractivity contribution in [1.82, 2.24) is 10.6 Å². The second-order valence-electron chi connectivity index (χ2n) is 5.65. The van der Waals surface area contributed by atoms with Gasteiger partial charge in [-0.1, -0.05) is 30.3 Å². The SMILES string of the molecule is Cl.O=C(NC(CCc1ccccc1)C(F)(F)F)C1CCNCC1. The van der Waals surface area contributed by atoms with Crippen molar-refractivity contribution in [2.24, 2.45) is 5.92 Å². The Balaban J connectivity index is 0.00000264. The summed E-state index contributed by atoms with van der Waals surface area (Å²) in [6.45, 7) is 1.36. The van der Waals surface area contributed by atoms with Crippen molar-refractivity contribution in [2.75, 3.05) is 13.1 Å². The van der Waals surface area contributed by atoms with E-state index in [1.807, 2.05) is 6.07 Å². The lowest BCUT2D eigenvalue weighted by Crippen LogP contribution is -2.49. The second-order valence-corrected chi connectivity index (χ2v) is 5.65. The van der Waals surface area contributed by atoms with E-state index in [0.29, 0.717) is 25.9 Å². The Kier molecular flexibility index (Phi) is 7.85. The number of nitrogens with one attached hydrogen (secondary N) is 2. The monoisotopic (exact) mass is 350 g/mol. The van der Waals surface area contributed by atoms with E-state index < -0.39 is 18.1 Å². The number of hydrogen-bond donors (Lipinski definition) is 2. The molecule has 0 saturated carbocycles. The number of rotatable bonds is 5. The summed E-state index contributed by atoms with van der Waals surface area (Å²) in [6, 6.07) is 7.22. The quantitative estimate of drug-likeness (QED) is 0.856. The van der Waals surface area contributed by atoms with Gasteiger partial charge in [0.25, 0.3) is 0 Å². The Bertz CT molecular complexity index is 476. The van der Waals surface area contributed by atoms with Crippen LogP contribution in [0.3, 0.4) is 0 Å². The first-order chi connectivity index (χ1) is 10.5. The fourth-order valence-corrected chi connectivity index (χ4v) is 2.65. The molecule has 2 N–H and O–H groups in total. The zero-order valence-electron chi connectivity index (χ0n) is 12.7.